The summed E-state index contributed by atoms with van der Waals surface area (Å²) >= 11 is 1.26. The van der Waals surface area contributed by atoms with Crippen molar-refractivity contribution in [1.29, 1.82) is 0 Å². The van der Waals surface area contributed by atoms with Gasteiger partial charge in [0.1, 0.15) is 0 Å². The van der Waals surface area contributed by atoms with Crippen LogP contribution in [0.5, 0.6) is 0 Å². The second kappa shape index (κ2) is 8.11. The van der Waals surface area contributed by atoms with Gasteiger partial charge in [-0.15, -0.1) is 5.10 Å². The summed E-state index contributed by atoms with van der Waals surface area (Å²) < 4.78 is 26.5. The number of aromatic nitrogens is 4. The van der Waals surface area contributed by atoms with E-state index in [0.29, 0.717) is 16.4 Å². The Labute approximate surface area is 167 Å². The largest absolute Gasteiger partial charge is 0.293 e. The van der Waals surface area contributed by atoms with Crippen LogP contribution in [0, 0.1) is 6.92 Å². The minimum absolute atomic E-state index is 0.102. The second-order valence-corrected chi connectivity index (χ2v) is 9.34. The minimum atomic E-state index is -3.36. The number of hydrogen-bond donors (Lipinski definition) is 1. The van der Waals surface area contributed by atoms with Crippen molar-refractivity contribution in [3.05, 3.63) is 59.7 Å². The van der Waals surface area contributed by atoms with E-state index in [9.17, 15) is 13.2 Å². The van der Waals surface area contributed by atoms with E-state index in [0.717, 1.165) is 17.5 Å². The fourth-order valence-electron chi connectivity index (χ4n) is 2.46. The molecule has 3 aromatic rings. The van der Waals surface area contributed by atoms with Gasteiger partial charge in [0.05, 0.1) is 17.2 Å². The lowest BCUT2D eigenvalue weighted by atomic mass is 10.1. The Kier molecular flexibility index (Phi) is 5.80. The number of tetrazole rings is 1. The first-order chi connectivity index (χ1) is 13.2. The van der Waals surface area contributed by atoms with E-state index in [4.69, 9.17) is 0 Å². The van der Waals surface area contributed by atoms with Gasteiger partial charge in [0.2, 0.25) is 15.2 Å². The van der Waals surface area contributed by atoms with Crippen molar-refractivity contribution in [1.82, 2.24) is 20.2 Å². The fraction of sp³-hybridized carbons (Fsp3) is 0.222. The highest BCUT2D eigenvalue weighted by molar-refractivity contribution is 8.00. The third-order valence-electron chi connectivity index (χ3n) is 3.84. The van der Waals surface area contributed by atoms with Crippen molar-refractivity contribution >= 4 is 33.3 Å². The second-order valence-electron chi connectivity index (χ2n) is 6.28. The quantitative estimate of drug-likeness (QED) is 0.465. The van der Waals surface area contributed by atoms with Gasteiger partial charge in [0, 0.05) is 11.3 Å². The number of benzene rings is 2. The van der Waals surface area contributed by atoms with Crippen molar-refractivity contribution in [3.63, 3.8) is 0 Å². The predicted octanol–water partition coefficient (Wildman–Crippen LogP) is 2.71. The van der Waals surface area contributed by atoms with Gasteiger partial charge in [-0.05, 0) is 60.7 Å². The number of rotatable bonds is 7. The van der Waals surface area contributed by atoms with Crippen molar-refractivity contribution < 1.29 is 13.2 Å². The van der Waals surface area contributed by atoms with Crippen LogP contribution in [0.2, 0.25) is 0 Å². The fourth-order valence-corrected chi connectivity index (χ4v) is 3.91. The Hall–Kier alpha value is -2.72. The van der Waals surface area contributed by atoms with E-state index in [1.165, 1.54) is 11.8 Å². The molecule has 1 atom stereocenters. The molecule has 3 rings (SSSR count). The number of Topliss-reactive ketones (excluding diaryl/α,β-unsaturated/α-hetero) is 1. The SMILES string of the molecule is Cc1ccc(-n2nnnc2S[C@H](C)C(=O)c2ccc(NS(C)(=O)=O)cc2)cc1. The predicted molar refractivity (Wildman–Crippen MR) is 108 cm³/mol. The van der Waals surface area contributed by atoms with Crippen LogP contribution in [0.4, 0.5) is 5.69 Å². The molecule has 0 fully saturated rings. The molecule has 0 unspecified atom stereocenters. The van der Waals surface area contributed by atoms with Crippen LogP contribution in [0.15, 0.2) is 53.7 Å². The minimum Gasteiger partial charge on any atom is -0.293 e. The number of anilines is 1. The van der Waals surface area contributed by atoms with Crippen LogP contribution >= 0.6 is 11.8 Å². The Morgan fingerprint density at radius 3 is 2.36 bits per heavy atom. The summed E-state index contributed by atoms with van der Waals surface area (Å²) in [5.74, 6) is -0.102. The lowest BCUT2D eigenvalue weighted by Crippen LogP contribution is -2.15. The van der Waals surface area contributed by atoms with Crippen molar-refractivity contribution in [2.45, 2.75) is 24.3 Å². The first kappa shape index (κ1) is 20.0. The molecule has 0 radical (unpaired) electrons. The zero-order chi connectivity index (χ0) is 20.3. The summed E-state index contributed by atoms with van der Waals surface area (Å²) in [5, 5.41) is 11.8. The molecule has 0 aliphatic carbocycles. The molecule has 1 aromatic heterocycles. The average molecular weight is 418 g/mol. The zero-order valence-electron chi connectivity index (χ0n) is 15.5. The van der Waals surface area contributed by atoms with Gasteiger partial charge in [-0.1, -0.05) is 29.5 Å². The average Bonchev–Trinajstić information content (AvgIpc) is 3.09. The molecule has 0 aliphatic rings. The number of carbonyl (C=O) groups is 1. The molecular weight excluding hydrogens is 398 g/mol. The molecule has 1 heterocycles. The summed E-state index contributed by atoms with van der Waals surface area (Å²) in [6.07, 6.45) is 1.07. The molecule has 8 nitrogen and oxygen atoms in total. The highest BCUT2D eigenvalue weighted by atomic mass is 32.2. The number of sulfonamides is 1. The van der Waals surface area contributed by atoms with Gasteiger partial charge in [0.15, 0.2) is 5.78 Å². The third kappa shape index (κ3) is 4.96. The van der Waals surface area contributed by atoms with Crippen LogP contribution in [-0.4, -0.2) is 45.9 Å². The van der Waals surface area contributed by atoms with Crippen molar-refractivity contribution in [2.24, 2.45) is 0 Å². The molecule has 0 saturated carbocycles. The van der Waals surface area contributed by atoms with E-state index < -0.39 is 15.3 Å². The summed E-state index contributed by atoms with van der Waals surface area (Å²) in [5.41, 5.74) is 2.83. The molecule has 0 aliphatic heterocycles. The van der Waals surface area contributed by atoms with Crippen LogP contribution in [0.3, 0.4) is 0 Å². The lowest BCUT2D eigenvalue weighted by Gasteiger charge is -2.11. The Bertz CT molecular complexity index is 1080. The molecular formula is C18H19N5O3S2. The molecule has 0 amide bonds. The maximum Gasteiger partial charge on any atom is 0.229 e. The monoisotopic (exact) mass is 417 g/mol. The lowest BCUT2D eigenvalue weighted by molar-refractivity contribution is 0.0994. The molecule has 0 bridgehead atoms. The van der Waals surface area contributed by atoms with Crippen LogP contribution in [-0.2, 0) is 10.0 Å². The Morgan fingerprint density at radius 2 is 1.75 bits per heavy atom. The maximum atomic E-state index is 12.7. The number of nitrogens with one attached hydrogen (secondary N) is 1. The highest BCUT2D eigenvalue weighted by Gasteiger charge is 2.20. The van der Waals surface area contributed by atoms with Gasteiger partial charge in [0.25, 0.3) is 0 Å². The van der Waals surface area contributed by atoms with E-state index in [1.54, 1.807) is 35.9 Å². The number of aryl methyl sites for hydroxylation is 1. The van der Waals surface area contributed by atoms with Crippen LogP contribution in [0.25, 0.3) is 5.69 Å². The van der Waals surface area contributed by atoms with E-state index >= 15 is 0 Å². The number of hydrogen-bond acceptors (Lipinski definition) is 7. The number of thioether (sulfide) groups is 1. The van der Waals surface area contributed by atoms with E-state index in [-0.39, 0.29) is 5.78 Å². The highest BCUT2D eigenvalue weighted by Crippen LogP contribution is 2.26. The van der Waals surface area contributed by atoms with Crippen LogP contribution in [0.1, 0.15) is 22.8 Å². The van der Waals surface area contributed by atoms with Gasteiger partial charge in [-0.2, -0.15) is 4.68 Å². The summed E-state index contributed by atoms with van der Waals surface area (Å²) in [4.78, 5) is 12.7. The first-order valence-electron chi connectivity index (χ1n) is 8.37. The molecule has 146 valence electrons. The molecule has 28 heavy (non-hydrogen) atoms. The summed E-state index contributed by atoms with van der Waals surface area (Å²) in [7, 11) is -3.36. The maximum absolute atomic E-state index is 12.7. The third-order valence-corrected chi connectivity index (χ3v) is 5.48. The molecule has 0 spiro atoms. The Balaban J connectivity index is 1.73. The summed E-state index contributed by atoms with van der Waals surface area (Å²) in [6, 6.07) is 14.1. The standard InChI is InChI=1S/C18H19N5O3S2/c1-12-4-10-16(11-5-12)23-18(19-21-22-23)27-13(2)17(24)14-6-8-15(9-7-14)20-28(3,25)26/h4-11,13,20H,1-3H3/t13-/m1/s1. The Morgan fingerprint density at radius 1 is 1.11 bits per heavy atom. The van der Waals surface area contributed by atoms with Crippen molar-refractivity contribution in [3.8, 4) is 5.69 Å². The first-order valence-corrected chi connectivity index (χ1v) is 11.1. The smallest absolute Gasteiger partial charge is 0.229 e. The topological polar surface area (TPSA) is 107 Å². The molecule has 1 N–H and O–H groups in total. The van der Waals surface area contributed by atoms with Gasteiger partial charge < -0.3 is 0 Å². The summed E-state index contributed by atoms with van der Waals surface area (Å²) in [6.45, 7) is 3.78. The van der Waals surface area contributed by atoms with E-state index in [1.807, 2.05) is 31.2 Å². The number of ketones is 1. The van der Waals surface area contributed by atoms with Crippen LogP contribution < -0.4 is 4.72 Å². The van der Waals surface area contributed by atoms with Gasteiger partial charge >= 0.3 is 0 Å². The normalized spacial score (nSPS) is 12.5. The van der Waals surface area contributed by atoms with Gasteiger partial charge in [-0.3, -0.25) is 9.52 Å². The zero-order valence-corrected chi connectivity index (χ0v) is 17.2. The molecule has 0 saturated heterocycles. The van der Waals surface area contributed by atoms with E-state index in [2.05, 4.69) is 20.2 Å². The molecule has 10 heteroatoms. The van der Waals surface area contributed by atoms with Gasteiger partial charge in [-0.25, -0.2) is 8.42 Å². The number of nitrogens with zero attached hydrogens (tertiary/aromatic N) is 4. The van der Waals surface area contributed by atoms with Crippen molar-refractivity contribution in [2.75, 3.05) is 11.0 Å². The molecule has 2 aromatic carbocycles. The number of carbonyl (C=O) groups excluding carboxylic acids is 1.